The van der Waals surface area contributed by atoms with Crippen molar-refractivity contribution in [2.75, 3.05) is 18.9 Å². The van der Waals surface area contributed by atoms with E-state index in [1.54, 1.807) is 6.08 Å². The first kappa shape index (κ1) is 17.8. The van der Waals surface area contributed by atoms with Crippen molar-refractivity contribution in [3.05, 3.63) is 35.8 Å². The highest BCUT2D eigenvalue weighted by Crippen LogP contribution is 2.15. The van der Waals surface area contributed by atoms with Gasteiger partial charge in [0.2, 0.25) is 0 Å². The molecule has 1 atom stereocenters. The predicted molar refractivity (Wildman–Crippen MR) is 73.4 cm³/mol. The van der Waals surface area contributed by atoms with E-state index in [9.17, 15) is 0 Å². The van der Waals surface area contributed by atoms with Gasteiger partial charge in [0.15, 0.2) is 0 Å². The number of rotatable bonds is 6. The van der Waals surface area contributed by atoms with Gasteiger partial charge in [-0.2, -0.15) is 0 Å². The van der Waals surface area contributed by atoms with E-state index >= 15 is 0 Å². The largest absolute Gasteiger partial charge is 0.394 e. The van der Waals surface area contributed by atoms with Crippen LogP contribution in [0.25, 0.3) is 0 Å². The summed E-state index contributed by atoms with van der Waals surface area (Å²) < 4.78 is 0. The molecule has 0 rings (SSSR count). The lowest BCUT2D eigenvalue weighted by molar-refractivity contribution is 0.102. The van der Waals surface area contributed by atoms with E-state index in [1.165, 1.54) is 4.91 Å². The van der Waals surface area contributed by atoms with Crippen molar-refractivity contribution >= 4 is 11.8 Å². The Morgan fingerprint density at radius 2 is 2.19 bits per heavy atom. The quantitative estimate of drug-likeness (QED) is 0.623. The highest BCUT2D eigenvalue weighted by Gasteiger charge is 1.92. The number of allylic oxidation sites excluding steroid dienone is 4. The first-order valence-electron chi connectivity index (χ1n) is 5.23. The second kappa shape index (κ2) is 14.5. The molecule has 16 heavy (non-hydrogen) atoms. The second-order valence-electron chi connectivity index (χ2n) is 2.79. The van der Waals surface area contributed by atoms with Gasteiger partial charge in [-0.3, -0.25) is 0 Å². The van der Waals surface area contributed by atoms with E-state index in [2.05, 4.69) is 25.7 Å². The van der Waals surface area contributed by atoms with Gasteiger partial charge in [0.05, 0.1) is 12.7 Å². The van der Waals surface area contributed by atoms with E-state index in [-0.39, 0.29) is 13.2 Å². The Balaban J connectivity index is 0. The maximum atomic E-state index is 8.29. The maximum Gasteiger partial charge on any atom is 0.0892 e. The van der Waals surface area contributed by atoms with Crippen LogP contribution in [0.4, 0.5) is 0 Å². The Bertz CT molecular complexity index is 211. The van der Waals surface area contributed by atoms with Crippen molar-refractivity contribution in [3.8, 4) is 0 Å². The van der Waals surface area contributed by atoms with Crippen LogP contribution in [0.3, 0.4) is 0 Å². The number of hydrogen-bond acceptors (Lipinski definition) is 4. The standard InChI is InChI=1S/C9H14S.C3H9NO2/c1-4-7-8-9(5-2)10-6-3;4-1-3(6)2-5/h4-5,7-8H,1,6H2,2-3H3;3,5-6H,1-2,4H2/b8-7-,9-5+;/t;3-/m.0/s1. The molecule has 0 aromatic carbocycles. The Kier molecular flexibility index (Phi) is 16.1. The van der Waals surface area contributed by atoms with Crippen molar-refractivity contribution < 1.29 is 10.2 Å². The van der Waals surface area contributed by atoms with Gasteiger partial charge < -0.3 is 15.9 Å². The summed E-state index contributed by atoms with van der Waals surface area (Å²) in [7, 11) is 0. The van der Waals surface area contributed by atoms with Gasteiger partial charge in [-0.05, 0) is 18.8 Å². The monoisotopic (exact) mass is 245 g/mol. The third kappa shape index (κ3) is 13.4. The zero-order valence-electron chi connectivity index (χ0n) is 10.1. The van der Waals surface area contributed by atoms with Gasteiger partial charge in [-0.15, -0.1) is 11.8 Å². The molecule has 0 aliphatic rings. The van der Waals surface area contributed by atoms with Gasteiger partial charge in [0.25, 0.3) is 0 Å². The molecule has 0 spiro atoms. The van der Waals surface area contributed by atoms with E-state index in [0.29, 0.717) is 0 Å². The van der Waals surface area contributed by atoms with Crippen molar-refractivity contribution in [1.29, 1.82) is 0 Å². The van der Waals surface area contributed by atoms with E-state index in [0.717, 1.165) is 5.75 Å². The average Bonchev–Trinajstić information content (AvgIpc) is 2.34. The van der Waals surface area contributed by atoms with Crippen LogP contribution in [0.1, 0.15) is 13.8 Å². The fourth-order valence-electron chi connectivity index (χ4n) is 0.632. The van der Waals surface area contributed by atoms with Crippen molar-refractivity contribution in [1.82, 2.24) is 0 Å². The Morgan fingerprint density at radius 1 is 1.56 bits per heavy atom. The van der Waals surface area contributed by atoms with Crippen LogP contribution in [-0.2, 0) is 0 Å². The van der Waals surface area contributed by atoms with Crippen LogP contribution < -0.4 is 5.73 Å². The predicted octanol–water partition coefficient (Wildman–Crippen LogP) is 1.68. The van der Waals surface area contributed by atoms with E-state index < -0.39 is 6.10 Å². The summed E-state index contributed by atoms with van der Waals surface area (Å²) in [6, 6.07) is 0. The molecule has 4 heteroatoms. The third-order valence-electron chi connectivity index (χ3n) is 1.47. The lowest BCUT2D eigenvalue weighted by atomic mass is 10.4. The third-order valence-corrected chi connectivity index (χ3v) is 2.47. The minimum atomic E-state index is -0.731. The van der Waals surface area contributed by atoms with E-state index in [1.807, 2.05) is 24.8 Å². The molecule has 0 aromatic rings. The van der Waals surface area contributed by atoms with Gasteiger partial charge >= 0.3 is 0 Å². The molecule has 0 heterocycles. The van der Waals surface area contributed by atoms with Crippen LogP contribution in [0.15, 0.2) is 35.8 Å². The van der Waals surface area contributed by atoms with Gasteiger partial charge in [0, 0.05) is 11.4 Å². The number of hydrogen-bond donors (Lipinski definition) is 3. The highest BCUT2D eigenvalue weighted by atomic mass is 32.2. The lowest BCUT2D eigenvalue weighted by Crippen LogP contribution is -2.22. The summed E-state index contributed by atoms with van der Waals surface area (Å²) >= 11 is 1.84. The number of nitrogens with two attached hydrogens (primary N) is 1. The summed E-state index contributed by atoms with van der Waals surface area (Å²) in [6.07, 6.45) is 7.19. The molecule has 0 saturated heterocycles. The molecular formula is C12H23NO2S. The fourth-order valence-corrected chi connectivity index (χ4v) is 1.31. The molecule has 3 nitrogen and oxygen atoms in total. The zero-order chi connectivity index (χ0) is 12.8. The Hall–Kier alpha value is -0.550. The normalized spacial score (nSPS) is 13.2. The van der Waals surface area contributed by atoms with Gasteiger partial charge in [0.1, 0.15) is 0 Å². The molecule has 0 aromatic heterocycles. The van der Waals surface area contributed by atoms with Crippen LogP contribution in [0, 0.1) is 0 Å². The van der Waals surface area contributed by atoms with Crippen LogP contribution in [-0.4, -0.2) is 35.2 Å². The SMILES string of the molecule is C=C/C=C\C(=C/C)SCC.NC[C@H](O)CO. The minimum Gasteiger partial charge on any atom is -0.394 e. The molecule has 0 aliphatic carbocycles. The summed E-state index contributed by atoms with van der Waals surface area (Å²) in [4.78, 5) is 1.31. The molecule has 0 amide bonds. The number of aliphatic hydroxyl groups is 2. The average molecular weight is 245 g/mol. The topological polar surface area (TPSA) is 66.5 Å². The summed E-state index contributed by atoms with van der Waals surface area (Å²) in [5.74, 6) is 1.13. The van der Waals surface area contributed by atoms with Gasteiger partial charge in [-0.1, -0.05) is 31.7 Å². The summed E-state index contributed by atoms with van der Waals surface area (Å²) in [5.41, 5.74) is 4.87. The van der Waals surface area contributed by atoms with Crippen molar-refractivity contribution in [2.45, 2.75) is 20.0 Å². The van der Waals surface area contributed by atoms with Crippen molar-refractivity contribution in [3.63, 3.8) is 0 Å². The fraction of sp³-hybridized carbons (Fsp3) is 0.500. The second-order valence-corrected chi connectivity index (χ2v) is 4.13. The molecular weight excluding hydrogens is 222 g/mol. The first-order chi connectivity index (χ1) is 7.65. The highest BCUT2D eigenvalue weighted by molar-refractivity contribution is 8.03. The summed E-state index contributed by atoms with van der Waals surface area (Å²) in [6.45, 7) is 7.70. The minimum absolute atomic E-state index is 0.135. The molecule has 0 radical (unpaired) electrons. The van der Waals surface area contributed by atoms with E-state index in [4.69, 9.17) is 15.9 Å². The molecule has 94 valence electrons. The first-order valence-corrected chi connectivity index (χ1v) is 6.21. The Morgan fingerprint density at radius 3 is 2.44 bits per heavy atom. The summed E-state index contributed by atoms with van der Waals surface area (Å²) in [5, 5.41) is 16.3. The molecule has 0 saturated carbocycles. The Labute approximate surface area is 103 Å². The van der Waals surface area contributed by atoms with Gasteiger partial charge in [-0.25, -0.2) is 0 Å². The number of thioether (sulfide) groups is 1. The maximum absolute atomic E-state index is 8.29. The molecule has 0 aliphatic heterocycles. The molecule has 0 unspecified atom stereocenters. The number of aliphatic hydroxyl groups excluding tert-OH is 2. The van der Waals surface area contributed by atoms with Crippen molar-refractivity contribution in [2.24, 2.45) is 5.73 Å². The lowest BCUT2D eigenvalue weighted by Gasteiger charge is -1.97. The van der Waals surface area contributed by atoms with Crippen LogP contribution in [0.5, 0.6) is 0 Å². The molecule has 0 bridgehead atoms. The van der Waals surface area contributed by atoms with Crippen LogP contribution in [0.2, 0.25) is 0 Å². The molecule has 4 N–H and O–H groups in total. The smallest absolute Gasteiger partial charge is 0.0892 e. The zero-order valence-corrected chi connectivity index (χ0v) is 10.9. The van der Waals surface area contributed by atoms with Crippen LogP contribution >= 0.6 is 11.8 Å². The molecule has 0 fully saturated rings.